The number of imidazole rings is 1. The average molecular weight is 446 g/mol. The number of benzene rings is 2. The van der Waals surface area contributed by atoms with Gasteiger partial charge < -0.3 is 14.4 Å². The molecule has 1 aromatic heterocycles. The first-order valence-corrected chi connectivity index (χ1v) is 12.5. The van der Waals surface area contributed by atoms with Gasteiger partial charge in [0.1, 0.15) is 5.82 Å². The van der Waals surface area contributed by atoms with Crippen LogP contribution in [0, 0.1) is 0 Å². The Labute approximate surface area is 196 Å². The van der Waals surface area contributed by atoms with Crippen LogP contribution in [0.5, 0.6) is 0 Å². The quantitative estimate of drug-likeness (QED) is 0.605. The molecular formula is C27H35N5O. The van der Waals surface area contributed by atoms with Crippen LogP contribution in [0.3, 0.4) is 0 Å². The number of likely N-dealkylation sites (tertiary alicyclic amines) is 1. The van der Waals surface area contributed by atoms with Crippen LogP contribution in [0.25, 0.3) is 22.4 Å². The van der Waals surface area contributed by atoms with Crippen LogP contribution in [0.2, 0.25) is 0 Å². The Bertz CT molecular complexity index is 1100. The lowest BCUT2D eigenvalue weighted by molar-refractivity contribution is -0.132. The van der Waals surface area contributed by atoms with E-state index >= 15 is 0 Å². The molecule has 6 nitrogen and oxygen atoms in total. The summed E-state index contributed by atoms with van der Waals surface area (Å²) in [5.74, 6) is 1.29. The van der Waals surface area contributed by atoms with Crippen molar-refractivity contribution in [3.05, 3.63) is 48.5 Å². The smallest absolute Gasteiger partial charge is 0.236 e. The van der Waals surface area contributed by atoms with E-state index in [9.17, 15) is 4.79 Å². The molecule has 3 heterocycles. The van der Waals surface area contributed by atoms with Crippen molar-refractivity contribution in [2.24, 2.45) is 7.05 Å². The second-order valence-electron chi connectivity index (χ2n) is 9.45. The summed E-state index contributed by atoms with van der Waals surface area (Å²) < 4.78 is 2.17. The summed E-state index contributed by atoms with van der Waals surface area (Å²) in [6.45, 7) is 6.22. The van der Waals surface area contributed by atoms with Gasteiger partial charge in [-0.25, -0.2) is 4.98 Å². The molecule has 0 aliphatic carbocycles. The standard InChI is InChI=1S/C27H35N5O/c1-29-25-13-5-4-12-24(25)28-27(29)22-10-8-11-23(20-22)31-16-9-17-32(19-18-31)26(33)21-30-14-6-2-3-7-15-30/h4-5,8,10-13,20H,2-3,6-7,9,14-19,21H2,1H3. The van der Waals surface area contributed by atoms with E-state index in [1.165, 1.54) is 31.4 Å². The number of fused-ring (bicyclic) bond motifs is 1. The lowest BCUT2D eigenvalue weighted by atomic mass is 10.1. The highest BCUT2D eigenvalue weighted by Crippen LogP contribution is 2.27. The highest BCUT2D eigenvalue weighted by Gasteiger charge is 2.22. The number of hydrogen-bond acceptors (Lipinski definition) is 4. The summed E-state index contributed by atoms with van der Waals surface area (Å²) in [5.41, 5.74) is 4.51. The van der Waals surface area contributed by atoms with Gasteiger partial charge >= 0.3 is 0 Å². The normalized spacial score (nSPS) is 18.3. The van der Waals surface area contributed by atoms with Gasteiger partial charge in [-0.2, -0.15) is 0 Å². The molecule has 0 radical (unpaired) electrons. The van der Waals surface area contributed by atoms with Crippen molar-refractivity contribution >= 4 is 22.6 Å². The Morgan fingerprint density at radius 2 is 1.67 bits per heavy atom. The summed E-state index contributed by atoms with van der Waals surface area (Å²) in [4.78, 5) is 24.7. The Morgan fingerprint density at radius 3 is 2.48 bits per heavy atom. The topological polar surface area (TPSA) is 44.6 Å². The highest BCUT2D eigenvalue weighted by atomic mass is 16.2. The Morgan fingerprint density at radius 1 is 0.848 bits per heavy atom. The van der Waals surface area contributed by atoms with Gasteiger partial charge in [0.25, 0.3) is 0 Å². The van der Waals surface area contributed by atoms with Crippen molar-refractivity contribution in [2.75, 3.05) is 50.7 Å². The second-order valence-corrected chi connectivity index (χ2v) is 9.45. The molecule has 2 saturated heterocycles. The van der Waals surface area contributed by atoms with Crippen LogP contribution in [0.1, 0.15) is 32.1 Å². The number of anilines is 1. The molecule has 2 aliphatic rings. The number of aromatic nitrogens is 2. The number of nitrogens with zero attached hydrogens (tertiary/aromatic N) is 5. The minimum absolute atomic E-state index is 0.298. The molecular weight excluding hydrogens is 410 g/mol. The van der Waals surface area contributed by atoms with Gasteiger partial charge in [-0.15, -0.1) is 0 Å². The van der Waals surface area contributed by atoms with Gasteiger partial charge in [0.15, 0.2) is 0 Å². The van der Waals surface area contributed by atoms with Crippen molar-refractivity contribution in [3.8, 4) is 11.4 Å². The van der Waals surface area contributed by atoms with Crippen molar-refractivity contribution < 1.29 is 4.79 Å². The van der Waals surface area contributed by atoms with Crippen molar-refractivity contribution in [1.29, 1.82) is 0 Å². The molecule has 6 heteroatoms. The second kappa shape index (κ2) is 9.96. The third kappa shape index (κ3) is 4.91. The maximum Gasteiger partial charge on any atom is 0.236 e. The Hall–Kier alpha value is -2.86. The van der Waals surface area contributed by atoms with E-state index in [0.29, 0.717) is 12.5 Å². The fraction of sp³-hybridized carbons (Fsp3) is 0.481. The number of hydrogen-bond donors (Lipinski definition) is 0. The molecule has 5 rings (SSSR count). The number of para-hydroxylation sites is 2. The molecule has 0 saturated carbocycles. The molecule has 3 aromatic rings. The predicted octanol–water partition coefficient (Wildman–Crippen LogP) is 4.16. The van der Waals surface area contributed by atoms with Gasteiger partial charge in [0, 0.05) is 44.5 Å². The molecule has 0 atom stereocenters. The summed E-state index contributed by atoms with van der Waals surface area (Å²) in [5, 5.41) is 0. The average Bonchev–Trinajstić information content (AvgIpc) is 3.06. The van der Waals surface area contributed by atoms with E-state index in [1.54, 1.807) is 0 Å². The van der Waals surface area contributed by atoms with E-state index in [-0.39, 0.29) is 0 Å². The number of amides is 1. The summed E-state index contributed by atoms with van der Waals surface area (Å²) >= 11 is 0. The van der Waals surface area contributed by atoms with Crippen LogP contribution < -0.4 is 4.90 Å². The Balaban J connectivity index is 1.27. The van der Waals surface area contributed by atoms with Gasteiger partial charge in [0.05, 0.1) is 17.6 Å². The van der Waals surface area contributed by atoms with Crippen LogP contribution in [-0.4, -0.2) is 71.1 Å². The molecule has 0 N–H and O–H groups in total. The molecule has 2 aliphatic heterocycles. The molecule has 0 unspecified atom stereocenters. The molecule has 0 bridgehead atoms. The van der Waals surface area contributed by atoms with Crippen molar-refractivity contribution in [3.63, 3.8) is 0 Å². The van der Waals surface area contributed by atoms with E-state index in [2.05, 4.69) is 68.8 Å². The lowest BCUT2D eigenvalue weighted by Gasteiger charge is -2.26. The minimum atomic E-state index is 0.298. The monoisotopic (exact) mass is 445 g/mol. The summed E-state index contributed by atoms with van der Waals surface area (Å²) in [6.07, 6.45) is 6.06. The number of rotatable bonds is 4. The third-order valence-electron chi connectivity index (χ3n) is 7.16. The van der Waals surface area contributed by atoms with Crippen molar-refractivity contribution in [2.45, 2.75) is 32.1 Å². The predicted molar refractivity (Wildman–Crippen MR) is 134 cm³/mol. The largest absolute Gasteiger partial charge is 0.370 e. The highest BCUT2D eigenvalue weighted by molar-refractivity contribution is 5.81. The maximum absolute atomic E-state index is 13.0. The zero-order valence-corrected chi connectivity index (χ0v) is 19.7. The lowest BCUT2D eigenvalue weighted by Crippen LogP contribution is -2.42. The van der Waals surface area contributed by atoms with Gasteiger partial charge in [-0.3, -0.25) is 9.69 Å². The third-order valence-corrected chi connectivity index (χ3v) is 7.16. The number of aryl methyl sites for hydroxylation is 1. The fourth-order valence-corrected chi connectivity index (χ4v) is 5.26. The van der Waals surface area contributed by atoms with Gasteiger partial charge in [0.2, 0.25) is 5.91 Å². The van der Waals surface area contributed by atoms with Crippen LogP contribution >= 0.6 is 0 Å². The molecule has 33 heavy (non-hydrogen) atoms. The molecule has 174 valence electrons. The number of carbonyl (C=O) groups excluding carboxylic acids is 1. The first-order valence-electron chi connectivity index (χ1n) is 12.5. The molecule has 2 aromatic carbocycles. The van der Waals surface area contributed by atoms with Gasteiger partial charge in [-0.05, 0) is 56.6 Å². The molecule has 0 spiro atoms. The van der Waals surface area contributed by atoms with Crippen LogP contribution in [0.15, 0.2) is 48.5 Å². The maximum atomic E-state index is 13.0. The van der Waals surface area contributed by atoms with E-state index in [1.807, 2.05) is 6.07 Å². The summed E-state index contributed by atoms with van der Waals surface area (Å²) in [6, 6.07) is 17.0. The van der Waals surface area contributed by atoms with Crippen molar-refractivity contribution in [1.82, 2.24) is 19.4 Å². The first kappa shape index (κ1) is 22.0. The van der Waals surface area contributed by atoms with Crippen LogP contribution in [0.4, 0.5) is 5.69 Å². The Kier molecular flexibility index (Phi) is 6.63. The zero-order valence-electron chi connectivity index (χ0n) is 19.7. The first-order chi connectivity index (χ1) is 16.2. The van der Waals surface area contributed by atoms with E-state index in [4.69, 9.17) is 4.98 Å². The SMILES string of the molecule is Cn1c(-c2cccc(N3CCCN(C(=O)CN4CCCCCC4)CC3)c2)nc2ccccc21. The van der Waals surface area contributed by atoms with Gasteiger partial charge in [-0.1, -0.05) is 37.1 Å². The van der Waals surface area contributed by atoms with E-state index < -0.39 is 0 Å². The number of carbonyl (C=O) groups is 1. The molecule has 1 amide bonds. The minimum Gasteiger partial charge on any atom is -0.370 e. The van der Waals surface area contributed by atoms with E-state index in [0.717, 1.165) is 68.1 Å². The summed E-state index contributed by atoms with van der Waals surface area (Å²) in [7, 11) is 2.08. The zero-order chi connectivity index (χ0) is 22.6. The fourth-order valence-electron chi connectivity index (χ4n) is 5.26. The molecule has 2 fully saturated rings. The van der Waals surface area contributed by atoms with Crippen LogP contribution in [-0.2, 0) is 11.8 Å².